The lowest BCUT2D eigenvalue weighted by Gasteiger charge is -2.30. The third-order valence-electron chi connectivity index (χ3n) is 5.91. The molecule has 2 aliphatic heterocycles. The summed E-state index contributed by atoms with van der Waals surface area (Å²) in [6.07, 6.45) is 7.83. The Morgan fingerprint density at radius 1 is 0.897 bits per heavy atom. The minimum atomic E-state index is -0.0459. The number of aromatic nitrogens is 3. The van der Waals surface area contributed by atoms with E-state index in [0.717, 1.165) is 58.9 Å². The first-order valence-corrected chi connectivity index (χ1v) is 10.3. The monoisotopic (exact) mass is 384 g/mol. The molecular formula is C24H24N4O. The van der Waals surface area contributed by atoms with Gasteiger partial charge in [0.2, 0.25) is 0 Å². The van der Waals surface area contributed by atoms with Crippen LogP contribution in [0.3, 0.4) is 0 Å². The Labute approximate surface area is 170 Å². The maximum absolute atomic E-state index is 13.5. The van der Waals surface area contributed by atoms with Gasteiger partial charge in [-0.2, -0.15) is 9.78 Å². The van der Waals surface area contributed by atoms with E-state index in [1.807, 2.05) is 30.3 Å². The number of hydrogen-bond donors (Lipinski definition) is 0. The van der Waals surface area contributed by atoms with Crippen molar-refractivity contribution in [1.29, 1.82) is 0 Å². The minimum absolute atomic E-state index is 0.0459. The maximum Gasteiger partial charge on any atom is 0.279 e. The molecule has 5 nitrogen and oxygen atoms in total. The van der Waals surface area contributed by atoms with E-state index in [1.54, 1.807) is 17.1 Å². The Hall–Kier alpha value is -3.21. The number of pyridine rings is 1. The smallest absolute Gasteiger partial charge is 0.279 e. The lowest BCUT2D eigenvalue weighted by Crippen LogP contribution is -2.31. The molecule has 0 atom stereocenters. The summed E-state index contributed by atoms with van der Waals surface area (Å²) in [5.74, 6) is -0.0459. The largest absolute Gasteiger partial charge is 0.368 e. The van der Waals surface area contributed by atoms with Gasteiger partial charge in [0.15, 0.2) is 0 Å². The summed E-state index contributed by atoms with van der Waals surface area (Å²) < 4.78 is 1.65. The molecule has 0 unspecified atom stereocenters. The number of allylic oxidation sites excluding steroid dienone is 2. The lowest BCUT2D eigenvalue weighted by atomic mass is 9.93. The van der Waals surface area contributed by atoms with Crippen molar-refractivity contribution in [2.24, 2.45) is 0 Å². The number of anilines is 1. The molecule has 3 aromatic rings. The number of piperidine rings is 1. The van der Waals surface area contributed by atoms with Gasteiger partial charge in [0.25, 0.3) is 5.91 Å². The minimum Gasteiger partial charge on any atom is -0.368 e. The van der Waals surface area contributed by atoms with Crippen LogP contribution in [0.25, 0.3) is 16.8 Å². The first kappa shape index (κ1) is 17.9. The van der Waals surface area contributed by atoms with E-state index in [-0.39, 0.29) is 5.91 Å². The van der Waals surface area contributed by atoms with Gasteiger partial charge in [-0.1, -0.05) is 35.9 Å². The van der Waals surface area contributed by atoms with Gasteiger partial charge < -0.3 is 4.90 Å². The third kappa shape index (κ3) is 3.07. The number of fused-ring (bicyclic) bond motifs is 1. The van der Waals surface area contributed by atoms with Crippen molar-refractivity contribution in [3.05, 3.63) is 71.7 Å². The molecule has 1 fully saturated rings. The van der Waals surface area contributed by atoms with Crippen LogP contribution in [0.2, 0.25) is 0 Å². The molecule has 1 aromatic carbocycles. The zero-order valence-corrected chi connectivity index (χ0v) is 16.6. The molecular weight excluding hydrogens is 360 g/mol. The second-order valence-electron chi connectivity index (χ2n) is 7.84. The summed E-state index contributed by atoms with van der Waals surface area (Å²) in [4.78, 5) is 20.0. The van der Waals surface area contributed by atoms with Crippen LogP contribution < -0.4 is 4.90 Å². The molecule has 0 saturated carbocycles. The van der Waals surface area contributed by atoms with Gasteiger partial charge in [-0.3, -0.25) is 9.78 Å². The van der Waals surface area contributed by atoms with E-state index in [9.17, 15) is 4.79 Å². The van der Waals surface area contributed by atoms with Crippen molar-refractivity contribution in [3.8, 4) is 11.3 Å². The standard InChI is InChI=1S/C24H24N4O/c1-17-16-20-23(27-14-6-3-7-15-27)22(19-8-4-2-5-9-19)26-28(20)24(29)21(17)18-10-12-25-13-11-18/h2,4-5,8-13H,3,6-7,14-16H2,1H3. The van der Waals surface area contributed by atoms with Crippen molar-refractivity contribution in [1.82, 2.24) is 14.8 Å². The summed E-state index contributed by atoms with van der Waals surface area (Å²) >= 11 is 0. The predicted molar refractivity (Wildman–Crippen MR) is 115 cm³/mol. The molecule has 2 aromatic heterocycles. The number of carbonyl (C=O) groups is 1. The van der Waals surface area contributed by atoms with Crippen LogP contribution in [0.1, 0.15) is 42.2 Å². The van der Waals surface area contributed by atoms with Crippen molar-refractivity contribution >= 4 is 17.2 Å². The summed E-state index contributed by atoms with van der Waals surface area (Å²) in [5, 5.41) is 4.86. The van der Waals surface area contributed by atoms with Crippen LogP contribution in [0.4, 0.5) is 5.69 Å². The zero-order chi connectivity index (χ0) is 19.8. The number of carbonyl (C=O) groups excluding carboxylic acids is 1. The normalized spacial score (nSPS) is 16.9. The number of nitrogens with zero attached hydrogens (tertiary/aromatic N) is 4. The highest BCUT2D eigenvalue weighted by Crippen LogP contribution is 2.40. The van der Waals surface area contributed by atoms with Crippen molar-refractivity contribution in [2.75, 3.05) is 18.0 Å². The molecule has 146 valence electrons. The van der Waals surface area contributed by atoms with Gasteiger partial charge in [-0.05, 0) is 43.9 Å². The summed E-state index contributed by atoms with van der Waals surface area (Å²) in [5.41, 5.74) is 6.87. The van der Waals surface area contributed by atoms with Crippen LogP contribution >= 0.6 is 0 Å². The fourth-order valence-corrected chi connectivity index (χ4v) is 4.53. The van der Waals surface area contributed by atoms with E-state index in [4.69, 9.17) is 5.10 Å². The number of hydrogen-bond acceptors (Lipinski definition) is 4. The van der Waals surface area contributed by atoms with Gasteiger partial charge in [-0.25, -0.2) is 0 Å². The average molecular weight is 384 g/mol. The molecule has 0 radical (unpaired) electrons. The summed E-state index contributed by atoms with van der Waals surface area (Å²) in [7, 11) is 0. The quantitative estimate of drug-likeness (QED) is 0.662. The van der Waals surface area contributed by atoms with Crippen LogP contribution in [-0.2, 0) is 6.42 Å². The Bertz CT molecular complexity index is 1080. The summed E-state index contributed by atoms with van der Waals surface area (Å²) in [6, 6.07) is 14.0. The van der Waals surface area contributed by atoms with Crippen LogP contribution in [0.15, 0.2) is 60.4 Å². The van der Waals surface area contributed by atoms with Gasteiger partial charge in [0.05, 0.1) is 11.4 Å². The fourth-order valence-electron chi connectivity index (χ4n) is 4.53. The molecule has 0 spiro atoms. The molecule has 0 amide bonds. The van der Waals surface area contributed by atoms with E-state index >= 15 is 0 Å². The highest BCUT2D eigenvalue weighted by Gasteiger charge is 2.33. The predicted octanol–water partition coefficient (Wildman–Crippen LogP) is 4.61. The maximum atomic E-state index is 13.5. The van der Waals surface area contributed by atoms with Crippen molar-refractivity contribution in [2.45, 2.75) is 32.6 Å². The Balaban J connectivity index is 1.67. The highest BCUT2D eigenvalue weighted by molar-refractivity contribution is 6.22. The van der Waals surface area contributed by atoms with Gasteiger partial charge >= 0.3 is 0 Å². The zero-order valence-electron chi connectivity index (χ0n) is 16.6. The lowest BCUT2D eigenvalue weighted by molar-refractivity contribution is 0.0958. The Morgan fingerprint density at radius 3 is 2.34 bits per heavy atom. The second-order valence-corrected chi connectivity index (χ2v) is 7.84. The molecule has 0 aliphatic carbocycles. The molecule has 0 N–H and O–H groups in total. The second kappa shape index (κ2) is 7.32. The van der Waals surface area contributed by atoms with Crippen LogP contribution in [-0.4, -0.2) is 33.8 Å². The Morgan fingerprint density at radius 2 is 1.62 bits per heavy atom. The average Bonchev–Trinajstić information content (AvgIpc) is 3.15. The molecule has 0 bridgehead atoms. The number of rotatable bonds is 3. The van der Waals surface area contributed by atoms with E-state index in [1.165, 1.54) is 19.3 Å². The first-order chi connectivity index (χ1) is 14.2. The molecule has 1 saturated heterocycles. The Kier molecular flexibility index (Phi) is 4.51. The van der Waals surface area contributed by atoms with Crippen LogP contribution in [0.5, 0.6) is 0 Å². The van der Waals surface area contributed by atoms with E-state index in [2.05, 4.69) is 28.9 Å². The fraction of sp³-hybridized carbons (Fsp3) is 0.292. The van der Waals surface area contributed by atoms with Crippen molar-refractivity contribution in [3.63, 3.8) is 0 Å². The molecule has 5 rings (SSSR count). The summed E-state index contributed by atoms with van der Waals surface area (Å²) in [6.45, 7) is 4.10. The molecule has 5 heteroatoms. The third-order valence-corrected chi connectivity index (χ3v) is 5.91. The SMILES string of the molecule is CC1=C(c2ccncc2)C(=O)n2nc(-c3ccccc3)c(N3CCCCC3)c2C1. The van der Waals surface area contributed by atoms with Gasteiger partial charge in [0.1, 0.15) is 5.69 Å². The molecule has 4 heterocycles. The molecule has 2 aliphatic rings. The van der Waals surface area contributed by atoms with Gasteiger partial charge in [-0.15, -0.1) is 0 Å². The van der Waals surface area contributed by atoms with Gasteiger partial charge in [0, 0.05) is 43.0 Å². The first-order valence-electron chi connectivity index (χ1n) is 10.3. The van der Waals surface area contributed by atoms with E-state index in [0.29, 0.717) is 0 Å². The van der Waals surface area contributed by atoms with E-state index < -0.39 is 0 Å². The van der Waals surface area contributed by atoms with Crippen LogP contribution in [0, 0.1) is 0 Å². The molecule has 29 heavy (non-hydrogen) atoms. The topological polar surface area (TPSA) is 51.0 Å². The van der Waals surface area contributed by atoms with Crippen molar-refractivity contribution < 1.29 is 4.79 Å². The highest BCUT2D eigenvalue weighted by atomic mass is 16.2. The number of benzene rings is 1.